The number of nitrogens with zero attached hydrogens (tertiary/aromatic N) is 4. The van der Waals surface area contributed by atoms with Gasteiger partial charge in [0.05, 0.1) is 12.6 Å². The minimum atomic E-state index is -0.0826. The van der Waals surface area contributed by atoms with E-state index in [1.807, 2.05) is 0 Å². The van der Waals surface area contributed by atoms with Gasteiger partial charge in [-0.2, -0.15) is 4.57 Å². The molecule has 348 valence electrons. The predicted octanol–water partition coefficient (Wildman–Crippen LogP) is 17.6. The quantitative estimate of drug-likeness (QED) is 0.113. The van der Waals surface area contributed by atoms with E-state index in [0.717, 1.165) is 64.0 Å². The summed E-state index contributed by atoms with van der Waals surface area (Å²) < 4.78 is 4.69. The van der Waals surface area contributed by atoms with Gasteiger partial charge in [0.25, 0.3) is 5.82 Å². The number of para-hydroxylation sites is 4. The van der Waals surface area contributed by atoms with Gasteiger partial charge in [0, 0.05) is 39.5 Å². The van der Waals surface area contributed by atoms with E-state index >= 15 is 0 Å². The van der Waals surface area contributed by atoms with Crippen LogP contribution in [0.25, 0.3) is 50.4 Å². The normalized spacial score (nSPS) is 13.2. The number of aromatic nitrogens is 2. The van der Waals surface area contributed by atoms with E-state index in [4.69, 9.17) is 0 Å². The zero-order valence-electron chi connectivity index (χ0n) is 40.7. The van der Waals surface area contributed by atoms with E-state index < -0.39 is 0 Å². The van der Waals surface area contributed by atoms with Crippen LogP contribution in [-0.2, 0) is 12.5 Å². The first kappa shape index (κ1) is 44.5. The summed E-state index contributed by atoms with van der Waals surface area (Å²) in [6.07, 6.45) is 5.93. The molecule has 1 aromatic heterocycles. The lowest BCUT2D eigenvalue weighted by Crippen LogP contribution is -2.30. The fourth-order valence-electron chi connectivity index (χ4n) is 11.3. The first-order valence-corrected chi connectivity index (χ1v) is 25.4. The summed E-state index contributed by atoms with van der Waals surface area (Å²) in [4.78, 5) is 4.78. The largest absolute Gasteiger partial charge is 0.311 e. The van der Waals surface area contributed by atoms with E-state index in [9.17, 15) is 0 Å². The predicted molar refractivity (Wildman–Crippen MR) is 300 cm³/mol. The van der Waals surface area contributed by atoms with Crippen molar-refractivity contribution >= 4 is 45.2 Å². The number of imidazole rings is 1. The smallest absolute Gasteiger partial charge is 0.294 e. The highest BCUT2D eigenvalue weighted by Crippen LogP contribution is 2.47. The fraction of sp³-hybridized carbons (Fsp3) is 0.103. The standard InChI is InChI=1S/C68H57N4/c1-69-65-27-15-16-28-66(65)72(59-25-13-5-14-26-59)67(69)55-33-43-62(44-34-55)71(61-41-31-54(32-42-61)52-21-9-3-10-22-52)64-47-37-57(38-48-64)68(49-17-6-18-50-68)56-35-45-63(46-36-56)70(58-23-11-4-12-24-58)60-39-29-53(30-40-60)51-19-7-2-8-20-51/h2-5,7-16,19-48H,6,17-18,49-50H2,1H3/q+1. The lowest BCUT2D eigenvalue weighted by atomic mass is 9.65. The van der Waals surface area contributed by atoms with Crippen molar-refractivity contribution in [3.63, 3.8) is 0 Å². The van der Waals surface area contributed by atoms with Crippen LogP contribution in [0.3, 0.4) is 0 Å². The Morgan fingerprint density at radius 1 is 0.333 bits per heavy atom. The fourth-order valence-corrected chi connectivity index (χ4v) is 11.3. The van der Waals surface area contributed by atoms with Crippen LogP contribution in [0.15, 0.2) is 267 Å². The van der Waals surface area contributed by atoms with Crippen molar-refractivity contribution in [3.05, 3.63) is 278 Å². The summed E-state index contributed by atoms with van der Waals surface area (Å²) in [5.41, 5.74) is 18.9. The summed E-state index contributed by atoms with van der Waals surface area (Å²) in [6, 6.07) is 97.4. The lowest BCUT2D eigenvalue weighted by molar-refractivity contribution is -0.633. The molecule has 4 heteroatoms. The second kappa shape index (κ2) is 19.6. The van der Waals surface area contributed by atoms with E-state index in [1.54, 1.807) is 0 Å². The van der Waals surface area contributed by atoms with Crippen LogP contribution in [0.1, 0.15) is 43.2 Å². The third kappa shape index (κ3) is 8.45. The molecule has 1 heterocycles. The van der Waals surface area contributed by atoms with Gasteiger partial charge in [0.1, 0.15) is 5.69 Å². The minimum Gasteiger partial charge on any atom is -0.311 e. The van der Waals surface area contributed by atoms with Gasteiger partial charge in [0.2, 0.25) is 0 Å². The Bertz CT molecular complexity index is 3550. The van der Waals surface area contributed by atoms with Crippen molar-refractivity contribution in [2.24, 2.45) is 7.05 Å². The lowest BCUT2D eigenvalue weighted by Gasteiger charge is -2.39. The van der Waals surface area contributed by atoms with E-state index in [0.29, 0.717) is 0 Å². The number of fused-ring (bicyclic) bond motifs is 1. The second-order valence-corrected chi connectivity index (χ2v) is 19.2. The molecule has 1 saturated carbocycles. The van der Waals surface area contributed by atoms with Crippen LogP contribution in [0.2, 0.25) is 0 Å². The van der Waals surface area contributed by atoms with Gasteiger partial charge in [-0.1, -0.05) is 177 Å². The van der Waals surface area contributed by atoms with Crippen LogP contribution >= 0.6 is 0 Å². The zero-order chi connectivity index (χ0) is 48.3. The number of hydrogen-bond donors (Lipinski definition) is 0. The van der Waals surface area contributed by atoms with Crippen molar-refractivity contribution in [1.82, 2.24) is 4.57 Å². The van der Waals surface area contributed by atoms with Crippen molar-refractivity contribution in [1.29, 1.82) is 0 Å². The van der Waals surface area contributed by atoms with Crippen LogP contribution in [0, 0.1) is 0 Å². The van der Waals surface area contributed by atoms with Crippen LogP contribution in [0.5, 0.6) is 0 Å². The van der Waals surface area contributed by atoms with E-state index in [1.165, 1.54) is 63.7 Å². The average Bonchev–Trinajstić information content (AvgIpc) is 3.77. The molecule has 1 fully saturated rings. The van der Waals surface area contributed by atoms with Gasteiger partial charge >= 0.3 is 0 Å². The Kier molecular flexibility index (Phi) is 12.1. The second-order valence-electron chi connectivity index (χ2n) is 19.2. The number of aryl methyl sites for hydroxylation is 1. The summed E-state index contributed by atoms with van der Waals surface area (Å²) in [5.74, 6) is 1.13. The van der Waals surface area contributed by atoms with Crippen LogP contribution in [-0.4, -0.2) is 4.57 Å². The Morgan fingerprint density at radius 3 is 1.14 bits per heavy atom. The van der Waals surface area contributed by atoms with Crippen LogP contribution < -0.4 is 14.4 Å². The molecule has 0 atom stereocenters. The first-order chi connectivity index (χ1) is 35.6. The number of rotatable bonds is 12. The minimum absolute atomic E-state index is 0.0826. The van der Waals surface area contributed by atoms with Crippen molar-refractivity contribution in [2.75, 3.05) is 9.80 Å². The SMILES string of the molecule is C[n+]1c(-c2ccc(N(c3ccc(-c4ccccc4)cc3)c3ccc(C4(c5ccc(N(c6ccccc6)c6ccc(-c7ccccc7)cc6)cc5)CCCCC4)cc3)cc2)n(-c2ccccc2)c2ccccc21. The topological polar surface area (TPSA) is 15.3 Å². The summed E-state index contributed by atoms with van der Waals surface area (Å²) in [5, 5.41) is 0. The molecule has 11 aromatic rings. The summed E-state index contributed by atoms with van der Waals surface area (Å²) in [6.45, 7) is 0. The Morgan fingerprint density at radius 2 is 0.681 bits per heavy atom. The molecule has 0 saturated heterocycles. The summed E-state index contributed by atoms with van der Waals surface area (Å²) >= 11 is 0. The molecule has 0 unspecified atom stereocenters. The molecule has 12 rings (SSSR count). The molecule has 10 aromatic carbocycles. The highest BCUT2D eigenvalue weighted by molar-refractivity contribution is 5.83. The van der Waals surface area contributed by atoms with Gasteiger partial charge in [-0.25, -0.2) is 4.57 Å². The van der Waals surface area contributed by atoms with Crippen molar-refractivity contribution in [3.8, 4) is 39.3 Å². The molecular formula is C68H57N4+. The van der Waals surface area contributed by atoms with Gasteiger partial charge in [0.15, 0.2) is 11.0 Å². The van der Waals surface area contributed by atoms with E-state index in [-0.39, 0.29) is 5.41 Å². The molecule has 4 nitrogen and oxygen atoms in total. The Labute approximate surface area is 424 Å². The van der Waals surface area contributed by atoms with Gasteiger partial charge in [-0.3, -0.25) is 0 Å². The number of anilines is 6. The maximum absolute atomic E-state index is 2.41. The molecular weight excluding hydrogens is 873 g/mol. The first-order valence-electron chi connectivity index (χ1n) is 25.4. The van der Waals surface area contributed by atoms with Gasteiger partial charge < -0.3 is 9.80 Å². The van der Waals surface area contributed by atoms with Gasteiger partial charge in [-0.15, -0.1) is 0 Å². The molecule has 72 heavy (non-hydrogen) atoms. The Hall–Kier alpha value is -8.73. The highest BCUT2D eigenvalue weighted by Gasteiger charge is 2.36. The molecule has 0 radical (unpaired) electrons. The Balaban J connectivity index is 0.900. The zero-order valence-corrected chi connectivity index (χ0v) is 40.7. The maximum Gasteiger partial charge on any atom is 0.294 e. The molecule has 0 spiro atoms. The monoisotopic (exact) mass is 929 g/mol. The molecule has 0 amide bonds. The van der Waals surface area contributed by atoms with Crippen molar-refractivity contribution in [2.45, 2.75) is 37.5 Å². The van der Waals surface area contributed by atoms with Gasteiger partial charge in [-0.05, 0) is 155 Å². The molecule has 0 bridgehead atoms. The molecule has 0 aliphatic heterocycles. The van der Waals surface area contributed by atoms with Crippen LogP contribution in [0.4, 0.5) is 34.1 Å². The molecule has 1 aliphatic rings. The maximum atomic E-state index is 2.41. The molecule has 0 N–H and O–H groups in total. The number of hydrogen-bond acceptors (Lipinski definition) is 2. The average molecular weight is 930 g/mol. The molecule has 1 aliphatic carbocycles. The van der Waals surface area contributed by atoms with Crippen molar-refractivity contribution < 1.29 is 4.57 Å². The third-order valence-electron chi connectivity index (χ3n) is 15.0. The summed E-state index contributed by atoms with van der Waals surface area (Å²) in [7, 11) is 2.17. The number of benzene rings is 10. The third-order valence-corrected chi connectivity index (χ3v) is 15.0. The van der Waals surface area contributed by atoms with E-state index in [2.05, 4.69) is 293 Å². The highest BCUT2D eigenvalue weighted by atomic mass is 15.2.